The molecule has 6 saturated carbocycles. The quantitative estimate of drug-likeness (QED) is 0.150. The first-order chi connectivity index (χ1) is 21.3. The number of fused-ring (bicyclic) bond motifs is 4. The predicted octanol–water partition coefficient (Wildman–Crippen LogP) is 16.2. The second-order valence-corrected chi connectivity index (χ2v) is 28.7. The maximum Gasteiger partial charge on any atom is 4.00 e. The molecule has 0 aromatic carbocycles. The molecule has 0 N–H and O–H groups in total. The van der Waals surface area contributed by atoms with Crippen LogP contribution < -0.4 is 0 Å². The molecular weight excluding hydrogens is 744 g/mol. The molecule has 0 spiro atoms. The Morgan fingerprint density at radius 3 is 1.40 bits per heavy atom. The average Bonchev–Trinajstić information content (AvgIpc) is 3.69. The van der Waals surface area contributed by atoms with Gasteiger partial charge in [0.15, 0.2) is 0 Å². The summed E-state index contributed by atoms with van der Waals surface area (Å²) in [6, 6.07) is 0. The maximum absolute atomic E-state index is 5.39. The molecule has 0 heterocycles. The van der Waals surface area contributed by atoms with Crippen LogP contribution in [0.1, 0.15) is 139 Å². The van der Waals surface area contributed by atoms with E-state index in [1.54, 1.807) is 51.0 Å². The zero-order chi connectivity index (χ0) is 34.1. The fourth-order valence-corrected chi connectivity index (χ4v) is 22.1. The van der Waals surface area contributed by atoms with Crippen LogP contribution in [0.3, 0.4) is 0 Å². The Balaban J connectivity index is -0.000000360. The van der Waals surface area contributed by atoms with Crippen molar-refractivity contribution in [3.63, 3.8) is 0 Å². The molecule has 2 nitrogen and oxygen atoms in total. The summed E-state index contributed by atoms with van der Waals surface area (Å²) in [6.45, 7) is 32.0. The van der Waals surface area contributed by atoms with Gasteiger partial charge in [0, 0.05) is 0 Å². The van der Waals surface area contributed by atoms with E-state index in [2.05, 4.69) is 81.2 Å². The second kappa shape index (κ2) is 25.0. The summed E-state index contributed by atoms with van der Waals surface area (Å²) in [5, 5.41) is 0. The number of nitrogens with zero attached hydrogens (tertiary/aromatic N) is 2. The van der Waals surface area contributed by atoms with Gasteiger partial charge in [-0.1, -0.05) is 178 Å². The van der Waals surface area contributed by atoms with E-state index in [0.29, 0.717) is 0 Å². The fourth-order valence-electron chi connectivity index (χ4n) is 13.0. The van der Waals surface area contributed by atoms with Gasteiger partial charge in [-0.3, -0.25) is 0 Å². The Hall–Kier alpha value is 1.26. The van der Waals surface area contributed by atoms with E-state index in [9.17, 15) is 0 Å². The van der Waals surface area contributed by atoms with Crippen LogP contribution in [0, 0.1) is 90.4 Å². The summed E-state index contributed by atoms with van der Waals surface area (Å²) >= 11 is 0. The molecule has 0 bridgehead atoms. The molecule has 6 fully saturated rings. The molecule has 6 aliphatic carbocycles. The molecule has 53 heavy (non-hydrogen) atoms. The van der Waals surface area contributed by atoms with Crippen LogP contribution in [0.25, 0.3) is 9.96 Å². The second-order valence-electron chi connectivity index (χ2n) is 20.2. The van der Waals surface area contributed by atoms with Gasteiger partial charge >= 0.3 is 43.4 Å². The van der Waals surface area contributed by atoms with Crippen molar-refractivity contribution in [2.75, 3.05) is 0 Å². The molecule has 0 amide bonds. The van der Waals surface area contributed by atoms with Gasteiger partial charge in [0.25, 0.3) is 0 Å². The standard InChI is InChI=1S/C19H36NSi.C18H34NSi.C5H8.5CH3.2Ti/c1-13-10-16-11-14-8-7-9-15(14)12-17(16)18(13)21(5,6)20-19(2,3)4;1-18(2,3)19-20(4,5)17-10-9-15-11-13-7-6-8-14(13)12-16(15)17;1-3-5-4-2;;;;;;;/h13-18H,7-12H2,1-6H3;13-17H,6-12H2,1-5H3;3-5H,1H2,2H3;5*1H3;;/q2*-1;;5*-1;+3;+4/b;;5-4+;;;;;;;. The molecule has 6 heteroatoms. The smallest absolute Gasteiger partial charge is 0.660 e. The van der Waals surface area contributed by atoms with Crippen LogP contribution in [0.4, 0.5) is 0 Å². The monoisotopic (exact) mass is 838 g/mol. The van der Waals surface area contributed by atoms with Gasteiger partial charge in [0.2, 0.25) is 0 Å². The SMILES string of the molecule is C=C/C=C/C.CC(C)(C)[N-][Si](C)(C)C1CCC2CC3CCCC3CC21.CC1CC2CC3CCCC3CC2C1[Si](C)(C)[N-]C(C)(C)C.[CH3-].[CH3-].[CH3-].[CH3-].[CH3-].[Ti+3].[Ti+4]. The van der Waals surface area contributed by atoms with E-state index in [1.165, 1.54) is 38.5 Å². The van der Waals surface area contributed by atoms with E-state index < -0.39 is 16.5 Å². The summed E-state index contributed by atoms with van der Waals surface area (Å²) in [4.78, 5) is 10.7. The number of hydrogen-bond donors (Lipinski definition) is 0. The molecule has 0 aromatic heterocycles. The van der Waals surface area contributed by atoms with Gasteiger partial charge in [-0.25, -0.2) is 0 Å². The van der Waals surface area contributed by atoms with E-state index in [4.69, 9.17) is 9.96 Å². The molecular formula is C47H93N2Si2Ti2. The van der Waals surface area contributed by atoms with E-state index in [1.807, 2.05) is 19.1 Å². The van der Waals surface area contributed by atoms with Crippen LogP contribution in [0.2, 0.25) is 37.3 Å². The van der Waals surface area contributed by atoms with Gasteiger partial charge < -0.3 is 47.1 Å². The summed E-state index contributed by atoms with van der Waals surface area (Å²) in [5.74, 6) is 9.49. The number of rotatable bonds is 5. The molecule has 0 aliphatic heterocycles. The Bertz CT molecular complexity index is 1020. The average molecular weight is 838 g/mol. The van der Waals surface area contributed by atoms with Crippen molar-refractivity contribution in [1.29, 1.82) is 0 Å². The van der Waals surface area contributed by atoms with Crippen molar-refractivity contribution in [3.05, 3.63) is 71.9 Å². The molecule has 11 unspecified atom stereocenters. The van der Waals surface area contributed by atoms with Gasteiger partial charge in [0.1, 0.15) is 0 Å². The Kier molecular flexibility index (Phi) is 28.8. The van der Waals surface area contributed by atoms with Crippen LogP contribution in [0.5, 0.6) is 0 Å². The summed E-state index contributed by atoms with van der Waals surface area (Å²) in [6.07, 6.45) is 25.6. The molecule has 1 radical (unpaired) electrons. The molecule has 6 aliphatic rings. The molecule has 11 atom stereocenters. The third-order valence-electron chi connectivity index (χ3n) is 13.6. The van der Waals surface area contributed by atoms with Crippen LogP contribution in [-0.4, -0.2) is 27.5 Å². The van der Waals surface area contributed by atoms with Crippen molar-refractivity contribution in [2.24, 2.45) is 53.3 Å². The summed E-state index contributed by atoms with van der Waals surface area (Å²) < 4.78 is 0. The topological polar surface area (TPSA) is 28.2 Å². The fraction of sp³-hybridized carbons (Fsp3) is 0.809. The number of allylic oxidation sites excluding steroid dienone is 3. The van der Waals surface area contributed by atoms with E-state index >= 15 is 0 Å². The predicted molar refractivity (Wildman–Crippen MR) is 243 cm³/mol. The van der Waals surface area contributed by atoms with E-state index in [0.717, 1.165) is 64.3 Å². The molecule has 0 saturated heterocycles. The van der Waals surface area contributed by atoms with E-state index in [-0.39, 0.29) is 91.6 Å². The molecule has 307 valence electrons. The van der Waals surface area contributed by atoms with Gasteiger partial charge in [-0.2, -0.15) is 0 Å². The van der Waals surface area contributed by atoms with Crippen LogP contribution in [0.15, 0.2) is 24.8 Å². The summed E-state index contributed by atoms with van der Waals surface area (Å²) in [7, 11) is -2.93. The first kappa shape index (κ1) is 60.9. The van der Waals surface area contributed by atoms with Gasteiger partial charge in [-0.15, -0.1) is 11.1 Å². The zero-order valence-corrected chi connectivity index (χ0v) is 44.0. The Morgan fingerprint density at radius 2 is 0.981 bits per heavy atom. The minimum absolute atomic E-state index is 0. The van der Waals surface area contributed by atoms with Crippen molar-refractivity contribution >= 4 is 16.5 Å². The Labute approximate surface area is 369 Å². The van der Waals surface area contributed by atoms with Crippen molar-refractivity contribution in [2.45, 2.75) is 187 Å². The van der Waals surface area contributed by atoms with Crippen molar-refractivity contribution in [3.8, 4) is 0 Å². The van der Waals surface area contributed by atoms with Gasteiger partial charge in [-0.05, 0) is 92.3 Å². The minimum atomic E-state index is -1.50. The van der Waals surface area contributed by atoms with Gasteiger partial charge in [0.05, 0.1) is 0 Å². The van der Waals surface area contributed by atoms with Crippen LogP contribution >= 0.6 is 0 Å². The molecule has 6 rings (SSSR count). The minimum Gasteiger partial charge on any atom is -0.660 e. The maximum atomic E-state index is 5.39. The number of hydrogen-bond acceptors (Lipinski definition) is 0. The van der Waals surface area contributed by atoms with Crippen molar-refractivity contribution < 1.29 is 43.4 Å². The largest absolute Gasteiger partial charge is 4.00 e. The first-order valence-electron chi connectivity index (χ1n) is 20.1. The normalized spacial score (nSPS) is 33.8. The Morgan fingerprint density at radius 1 is 0.566 bits per heavy atom. The van der Waals surface area contributed by atoms with Crippen LogP contribution in [-0.2, 0) is 43.4 Å². The molecule has 0 aromatic rings. The third-order valence-corrected chi connectivity index (χ3v) is 21.3. The first-order valence-corrected chi connectivity index (χ1v) is 26.1. The zero-order valence-electron chi connectivity index (χ0n) is 38.9. The van der Waals surface area contributed by atoms with Crippen molar-refractivity contribution in [1.82, 2.24) is 0 Å². The summed E-state index contributed by atoms with van der Waals surface area (Å²) in [5.41, 5.74) is 2.24. The third kappa shape index (κ3) is 16.4.